The number of nitrogens with one attached hydrogen (secondary N) is 1. The third-order valence-corrected chi connectivity index (χ3v) is 6.99. The summed E-state index contributed by atoms with van der Waals surface area (Å²) in [6, 6.07) is 1.08. The maximum Gasteiger partial charge on any atom is 0.334 e. The lowest BCUT2D eigenvalue weighted by atomic mass is 9.89. The molecule has 0 spiro atoms. The lowest BCUT2D eigenvalue weighted by Crippen LogP contribution is -2.37. The minimum atomic E-state index is -1.83. The average Bonchev–Trinajstić information content (AvgIpc) is 2.39. The Labute approximate surface area is 108 Å². The van der Waals surface area contributed by atoms with E-state index in [1.165, 1.54) is 38.6 Å². The van der Waals surface area contributed by atoms with Gasteiger partial charge in [0, 0.05) is 14.2 Å². The van der Waals surface area contributed by atoms with Gasteiger partial charge in [-0.25, -0.2) is 0 Å². The van der Waals surface area contributed by atoms with Gasteiger partial charge in [-0.3, -0.25) is 0 Å². The van der Waals surface area contributed by atoms with Crippen molar-refractivity contribution >= 4 is 8.56 Å². The molecule has 4 heteroatoms. The van der Waals surface area contributed by atoms with Gasteiger partial charge in [-0.05, 0) is 50.9 Å². The topological polar surface area (TPSA) is 30.5 Å². The minimum absolute atomic E-state index is 0.928. The second kappa shape index (κ2) is 8.24. The van der Waals surface area contributed by atoms with Gasteiger partial charge in [-0.1, -0.05) is 19.3 Å². The summed E-state index contributed by atoms with van der Waals surface area (Å²) in [6.07, 6.45) is 8.33. The van der Waals surface area contributed by atoms with Crippen molar-refractivity contribution in [1.82, 2.24) is 5.32 Å². The van der Waals surface area contributed by atoms with Crippen molar-refractivity contribution in [2.45, 2.75) is 51.1 Å². The predicted molar refractivity (Wildman–Crippen MR) is 74.5 cm³/mol. The molecule has 0 heterocycles. The number of rotatable bonds is 8. The molecule has 3 nitrogen and oxygen atoms in total. The molecule has 1 rings (SSSR count). The lowest BCUT2D eigenvalue weighted by Gasteiger charge is -2.24. The molecule has 1 N–H and O–H groups in total. The quantitative estimate of drug-likeness (QED) is 0.537. The van der Waals surface area contributed by atoms with Crippen LogP contribution in [0.15, 0.2) is 0 Å². The fourth-order valence-corrected chi connectivity index (χ4v) is 3.91. The molecule has 1 saturated carbocycles. The lowest BCUT2D eigenvalue weighted by molar-refractivity contribution is 0.248. The summed E-state index contributed by atoms with van der Waals surface area (Å²) >= 11 is 0. The zero-order valence-electron chi connectivity index (χ0n) is 11.8. The van der Waals surface area contributed by atoms with Gasteiger partial charge in [-0.2, -0.15) is 0 Å². The largest absolute Gasteiger partial charge is 0.398 e. The number of hydrogen-bond acceptors (Lipinski definition) is 3. The predicted octanol–water partition coefficient (Wildman–Crippen LogP) is 2.91. The van der Waals surface area contributed by atoms with E-state index in [0.29, 0.717) is 0 Å². The molecule has 0 amide bonds. The minimum Gasteiger partial charge on any atom is -0.398 e. The molecule has 1 aliphatic carbocycles. The summed E-state index contributed by atoms with van der Waals surface area (Å²) in [7, 11) is 1.71. The van der Waals surface area contributed by atoms with Crippen molar-refractivity contribution in [2.24, 2.45) is 5.92 Å². The Morgan fingerprint density at radius 1 is 1.12 bits per heavy atom. The van der Waals surface area contributed by atoms with Crippen molar-refractivity contribution in [2.75, 3.05) is 27.3 Å². The van der Waals surface area contributed by atoms with Crippen LogP contribution in [0.3, 0.4) is 0 Å². The van der Waals surface area contributed by atoms with Crippen molar-refractivity contribution in [1.29, 1.82) is 0 Å². The Balaban J connectivity index is 2.00. The van der Waals surface area contributed by atoms with Gasteiger partial charge >= 0.3 is 8.56 Å². The number of hydrogen-bond donors (Lipinski definition) is 1. The fourth-order valence-electron chi connectivity index (χ4n) is 2.52. The maximum absolute atomic E-state index is 5.47. The molecule has 0 unspecified atom stereocenters. The van der Waals surface area contributed by atoms with Crippen LogP contribution < -0.4 is 5.32 Å². The van der Waals surface area contributed by atoms with E-state index in [-0.39, 0.29) is 0 Å². The van der Waals surface area contributed by atoms with Gasteiger partial charge in [0.2, 0.25) is 0 Å². The first-order chi connectivity index (χ1) is 8.20. The van der Waals surface area contributed by atoms with E-state index < -0.39 is 8.56 Å². The van der Waals surface area contributed by atoms with E-state index >= 15 is 0 Å². The molecule has 1 fully saturated rings. The summed E-state index contributed by atoms with van der Waals surface area (Å²) in [5.74, 6) is 0.928. The van der Waals surface area contributed by atoms with Crippen molar-refractivity contribution < 1.29 is 8.85 Å². The van der Waals surface area contributed by atoms with Crippen LogP contribution in [0.2, 0.25) is 12.6 Å². The molecule has 0 aromatic carbocycles. The first kappa shape index (κ1) is 15.2. The van der Waals surface area contributed by atoms with Crippen LogP contribution in [0.25, 0.3) is 0 Å². The Hall–Kier alpha value is 0.0969. The first-order valence-electron chi connectivity index (χ1n) is 7.01. The van der Waals surface area contributed by atoms with E-state index in [1.54, 1.807) is 14.2 Å². The summed E-state index contributed by atoms with van der Waals surface area (Å²) in [5.41, 5.74) is 0. The first-order valence-corrected chi connectivity index (χ1v) is 9.53. The summed E-state index contributed by atoms with van der Waals surface area (Å²) in [6.45, 7) is 4.44. The maximum atomic E-state index is 5.47. The monoisotopic (exact) mass is 259 g/mol. The van der Waals surface area contributed by atoms with E-state index in [9.17, 15) is 0 Å². The van der Waals surface area contributed by atoms with Crippen LogP contribution in [0.5, 0.6) is 0 Å². The zero-order valence-corrected chi connectivity index (χ0v) is 12.8. The standard InChI is InChI=1S/C13H29NO2Si/c1-15-17(3,16-2)11-7-10-14-12-13-8-5-4-6-9-13/h13-14H,4-12H2,1-3H3. The third-order valence-electron chi connectivity index (χ3n) is 4.01. The molecule has 0 atom stereocenters. The second-order valence-electron chi connectivity index (χ2n) is 5.35. The van der Waals surface area contributed by atoms with Crippen LogP contribution in [-0.2, 0) is 8.85 Å². The Morgan fingerprint density at radius 2 is 1.76 bits per heavy atom. The third kappa shape index (κ3) is 6.00. The van der Waals surface area contributed by atoms with Crippen LogP contribution in [-0.4, -0.2) is 35.9 Å². The molecule has 0 bridgehead atoms. The summed E-state index contributed by atoms with van der Waals surface area (Å²) < 4.78 is 10.9. The molecule has 0 aromatic heterocycles. The summed E-state index contributed by atoms with van der Waals surface area (Å²) in [5, 5.41) is 3.59. The highest BCUT2D eigenvalue weighted by Gasteiger charge is 2.27. The van der Waals surface area contributed by atoms with Crippen LogP contribution in [0.1, 0.15) is 38.5 Å². The molecule has 0 aromatic rings. The van der Waals surface area contributed by atoms with Crippen molar-refractivity contribution in [3.05, 3.63) is 0 Å². The van der Waals surface area contributed by atoms with Gasteiger partial charge in [0.05, 0.1) is 0 Å². The highest BCUT2D eigenvalue weighted by molar-refractivity contribution is 6.65. The van der Waals surface area contributed by atoms with Crippen LogP contribution >= 0.6 is 0 Å². The van der Waals surface area contributed by atoms with Gasteiger partial charge in [0.25, 0.3) is 0 Å². The van der Waals surface area contributed by atoms with Crippen LogP contribution in [0, 0.1) is 5.92 Å². The van der Waals surface area contributed by atoms with Crippen molar-refractivity contribution in [3.63, 3.8) is 0 Å². The fraction of sp³-hybridized carbons (Fsp3) is 1.00. The molecule has 102 valence electrons. The smallest absolute Gasteiger partial charge is 0.334 e. The van der Waals surface area contributed by atoms with Crippen LogP contribution in [0.4, 0.5) is 0 Å². The van der Waals surface area contributed by atoms with E-state index in [2.05, 4.69) is 11.9 Å². The molecular weight excluding hydrogens is 230 g/mol. The van der Waals surface area contributed by atoms with E-state index in [0.717, 1.165) is 24.9 Å². The van der Waals surface area contributed by atoms with E-state index in [1.807, 2.05) is 0 Å². The summed E-state index contributed by atoms with van der Waals surface area (Å²) in [4.78, 5) is 0. The molecule has 0 saturated heterocycles. The molecule has 17 heavy (non-hydrogen) atoms. The van der Waals surface area contributed by atoms with Gasteiger partial charge in [-0.15, -0.1) is 0 Å². The molecular formula is C13H29NO2Si. The van der Waals surface area contributed by atoms with E-state index in [4.69, 9.17) is 8.85 Å². The normalized spacial score (nSPS) is 18.5. The molecule has 0 radical (unpaired) electrons. The Kier molecular flexibility index (Phi) is 7.35. The SMILES string of the molecule is CO[Si](C)(CCCNCC1CCCCC1)OC. The molecule has 0 aliphatic heterocycles. The second-order valence-corrected chi connectivity index (χ2v) is 8.94. The Morgan fingerprint density at radius 3 is 2.35 bits per heavy atom. The van der Waals surface area contributed by atoms with Gasteiger partial charge < -0.3 is 14.2 Å². The highest BCUT2D eigenvalue weighted by Crippen LogP contribution is 2.22. The highest BCUT2D eigenvalue weighted by atomic mass is 28.4. The average molecular weight is 259 g/mol. The zero-order chi connectivity index (χ0) is 12.6. The van der Waals surface area contributed by atoms with Gasteiger partial charge in [0.1, 0.15) is 0 Å². The molecule has 1 aliphatic rings. The van der Waals surface area contributed by atoms with Crippen molar-refractivity contribution in [3.8, 4) is 0 Å². The Bertz CT molecular complexity index is 192. The van der Waals surface area contributed by atoms with Gasteiger partial charge in [0.15, 0.2) is 0 Å².